The van der Waals surface area contributed by atoms with Crippen molar-refractivity contribution in [1.29, 1.82) is 0 Å². The van der Waals surface area contributed by atoms with Crippen molar-refractivity contribution in [3.05, 3.63) is 46.3 Å². The minimum atomic E-state index is -2.66. The Morgan fingerprint density at radius 2 is 1.65 bits per heavy atom. The van der Waals surface area contributed by atoms with Crippen LogP contribution >= 0.6 is 0 Å². The molecule has 3 fully saturated rings. The Bertz CT molecular complexity index is 1340. The van der Waals surface area contributed by atoms with Gasteiger partial charge in [0.25, 0.3) is 11.6 Å². The van der Waals surface area contributed by atoms with E-state index in [9.17, 15) is 18.9 Å². The second-order valence-electron chi connectivity index (χ2n) is 10.5. The number of hydrogen-bond donors (Lipinski definition) is 0. The minimum Gasteiger partial charge on any atom is -0.371 e. The highest BCUT2D eigenvalue weighted by atomic mass is 19.3. The summed E-state index contributed by atoms with van der Waals surface area (Å²) in [6.07, 6.45) is 5.89. The number of alkyl halides is 2. The summed E-state index contributed by atoms with van der Waals surface area (Å²) in [5, 5.41) is 20.6. The minimum absolute atomic E-state index is 0.0426. The zero-order chi connectivity index (χ0) is 25.8. The normalized spacial score (nSPS) is 20.3. The fourth-order valence-corrected chi connectivity index (χ4v) is 5.32. The molecule has 1 spiro atoms. The van der Waals surface area contributed by atoms with Crippen LogP contribution in [0.25, 0.3) is 17.1 Å². The zero-order valence-electron chi connectivity index (χ0n) is 20.6. The Balaban J connectivity index is 1.30. The molecule has 0 amide bonds. The van der Waals surface area contributed by atoms with Gasteiger partial charge < -0.3 is 9.80 Å². The predicted molar refractivity (Wildman–Crippen MR) is 133 cm³/mol. The molecule has 4 heterocycles. The lowest BCUT2D eigenvalue weighted by Gasteiger charge is -2.34. The number of non-ortho nitro benzene ring substituents is 1. The number of hydrogen-bond acceptors (Lipinski definition) is 8. The van der Waals surface area contributed by atoms with Crippen molar-refractivity contribution in [3.8, 4) is 17.1 Å². The first-order valence-corrected chi connectivity index (χ1v) is 12.7. The van der Waals surface area contributed by atoms with E-state index < -0.39 is 5.92 Å². The van der Waals surface area contributed by atoms with E-state index in [0.717, 1.165) is 37.2 Å². The van der Waals surface area contributed by atoms with E-state index in [1.165, 1.54) is 23.7 Å². The van der Waals surface area contributed by atoms with Crippen LogP contribution in [0, 0.1) is 22.5 Å². The van der Waals surface area contributed by atoms with Gasteiger partial charge in [-0.05, 0) is 44.1 Å². The van der Waals surface area contributed by atoms with Crippen LogP contribution in [-0.2, 0) is 0 Å². The number of piperidine rings is 2. The molecule has 6 rings (SSSR count). The summed E-state index contributed by atoms with van der Waals surface area (Å²) < 4.78 is 27.3. The Morgan fingerprint density at radius 1 is 0.946 bits per heavy atom. The lowest BCUT2D eigenvalue weighted by Crippen LogP contribution is -2.40. The molecule has 194 valence electrons. The average molecular weight is 511 g/mol. The van der Waals surface area contributed by atoms with Gasteiger partial charge in [0.1, 0.15) is 5.69 Å². The monoisotopic (exact) mass is 510 g/mol. The van der Waals surface area contributed by atoms with Gasteiger partial charge in [-0.15, -0.1) is 9.90 Å². The van der Waals surface area contributed by atoms with Crippen LogP contribution in [0.2, 0.25) is 0 Å². The third-order valence-corrected chi connectivity index (χ3v) is 7.89. The molecule has 0 bridgehead atoms. The van der Waals surface area contributed by atoms with E-state index in [1.54, 1.807) is 29.3 Å². The molecular formula is C25H28F2N8O2. The second-order valence-corrected chi connectivity index (χ2v) is 10.5. The third-order valence-electron chi connectivity index (χ3n) is 7.89. The number of nitro groups is 1. The van der Waals surface area contributed by atoms with E-state index >= 15 is 0 Å². The molecule has 10 nitrogen and oxygen atoms in total. The molecule has 1 aromatic carbocycles. The van der Waals surface area contributed by atoms with E-state index in [0.29, 0.717) is 28.6 Å². The lowest BCUT2D eigenvalue weighted by atomic mass is 9.93. The summed E-state index contributed by atoms with van der Waals surface area (Å²) in [6, 6.07) is 6.58. The maximum atomic E-state index is 13.6. The van der Waals surface area contributed by atoms with Gasteiger partial charge in [0.05, 0.1) is 16.8 Å². The number of aromatic nitrogens is 5. The van der Waals surface area contributed by atoms with Gasteiger partial charge in [-0.3, -0.25) is 10.1 Å². The average Bonchev–Trinajstić information content (AvgIpc) is 3.44. The van der Waals surface area contributed by atoms with Crippen LogP contribution in [-0.4, -0.2) is 62.0 Å². The summed E-state index contributed by atoms with van der Waals surface area (Å²) in [4.78, 5) is 25.5. The third kappa shape index (κ3) is 4.72. The highest BCUT2D eigenvalue weighted by Crippen LogP contribution is 2.54. The van der Waals surface area contributed by atoms with Gasteiger partial charge in [-0.1, -0.05) is 0 Å². The molecule has 2 aliphatic heterocycles. The molecule has 1 saturated carbocycles. The van der Waals surface area contributed by atoms with Gasteiger partial charge in [-0.25, -0.2) is 13.8 Å². The summed E-state index contributed by atoms with van der Waals surface area (Å²) >= 11 is 0. The molecule has 0 atom stereocenters. The maximum Gasteiger partial charge on any atom is 0.271 e. The molecular weight excluding hydrogens is 482 g/mol. The van der Waals surface area contributed by atoms with Crippen LogP contribution in [0.4, 0.5) is 26.1 Å². The number of halogens is 2. The van der Waals surface area contributed by atoms with E-state index in [2.05, 4.69) is 25.1 Å². The summed E-state index contributed by atoms with van der Waals surface area (Å²) in [5.41, 5.74) is 3.33. The van der Waals surface area contributed by atoms with Crippen molar-refractivity contribution in [2.45, 2.75) is 51.4 Å². The lowest BCUT2D eigenvalue weighted by molar-refractivity contribution is -0.384. The van der Waals surface area contributed by atoms with E-state index in [4.69, 9.17) is 0 Å². The van der Waals surface area contributed by atoms with Crippen LogP contribution < -0.4 is 9.80 Å². The number of nitrogens with zero attached hydrogens (tertiary/aromatic N) is 8. The van der Waals surface area contributed by atoms with Crippen LogP contribution in [0.1, 0.15) is 44.2 Å². The summed E-state index contributed by atoms with van der Waals surface area (Å²) in [7, 11) is 0. The van der Waals surface area contributed by atoms with Crippen molar-refractivity contribution in [2.75, 3.05) is 36.0 Å². The predicted octanol–water partition coefficient (Wildman–Crippen LogP) is 4.56. The first kappa shape index (κ1) is 23.7. The Labute approximate surface area is 212 Å². The second kappa shape index (κ2) is 8.70. The van der Waals surface area contributed by atoms with Gasteiger partial charge in [0.15, 0.2) is 5.82 Å². The zero-order valence-corrected chi connectivity index (χ0v) is 20.6. The van der Waals surface area contributed by atoms with Crippen molar-refractivity contribution in [1.82, 2.24) is 25.0 Å². The van der Waals surface area contributed by atoms with Gasteiger partial charge in [0.2, 0.25) is 5.95 Å². The standard InChI is InChI=1S/C25H28F2N8O2/c1-17-14-22(30-23(29-17)33-12-8-25(26,27)9-13-33)34-28-16-20(31-34)19-3-2-18(35(36)37)15-21(19)32-10-6-24(4-5-24)7-11-32/h2-3,14-16H,4-13H2,1H3. The fourth-order valence-electron chi connectivity index (χ4n) is 5.32. The molecule has 3 aliphatic rings. The number of nitro benzene ring substituents is 1. The molecule has 0 unspecified atom stereocenters. The first-order chi connectivity index (χ1) is 17.7. The Morgan fingerprint density at radius 3 is 2.32 bits per heavy atom. The smallest absolute Gasteiger partial charge is 0.271 e. The highest BCUT2D eigenvalue weighted by Gasteiger charge is 2.44. The van der Waals surface area contributed by atoms with Crippen LogP contribution in [0.5, 0.6) is 0 Å². The summed E-state index contributed by atoms with van der Waals surface area (Å²) in [6.45, 7) is 3.88. The van der Waals surface area contributed by atoms with Gasteiger partial charge in [0, 0.05) is 68.5 Å². The van der Waals surface area contributed by atoms with Crippen molar-refractivity contribution in [3.63, 3.8) is 0 Å². The molecule has 37 heavy (non-hydrogen) atoms. The summed E-state index contributed by atoms with van der Waals surface area (Å²) in [5.74, 6) is -1.84. The van der Waals surface area contributed by atoms with Crippen molar-refractivity contribution >= 4 is 17.3 Å². The highest BCUT2D eigenvalue weighted by molar-refractivity contribution is 5.78. The van der Waals surface area contributed by atoms with Gasteiger partial charge in [-0.2, -0.15) is 10.1 Å². The topological polar surface area (TPSA) is 106 Å². The molecule has 0 radical (unpaired) electrons. The van der Waals surface area contributed by atoms with Crippen LogP contribution in [0.3, 0.4) is 0 Å². The molecule has 12 heteroatoms. The van der Waals surface area contributed by atoms with E-state index in [-0.39, 0.29) is 36.5 Å². The van der Waals surface area contributed by atoms with Crippen LogP contribution in [0.15, 0.2) is 30.5 Å². The van der Waals surface area contributed by atoms with Gasteiger partial charge >= 0.3 is 0 Å². The quantitative estimate of drug-likeness (QED) is 0.363. The number of anilines is 2. The van der Waals surface area contributed by atoms with Crippen molar-refractivity contribution in [2.24, 2.45) is 5.41 Å². The number of benzene rings is 1. The number of rotatable bonds is 5. The Kier molecular flexibility index (Phi) is 5.57. The largest absolute Gasteiger partial charge is 0.371 e. The van der Waals surface area contributed by atoms with Crippen molar-refractivity contribution < 1.29 is 13.7 Å². The Hall–Kier alpha value is -3.70. The SMILES string of the molecule is Cc1cc(-n2ncc(-c3ccc([N+](=O)[O-])cc3N3CCC4(CC3)CC4)n2)nc(N2CCC(F)(F)CC2)n1. The first-order valence-electron chi connectivity index (χ1n) is 12.7. The van der Waals surface area contributed by atoms with E-state index in [1.807, 2.05) is 6.92 Å². The maximum absolute atomic E-state index is 13.6. The molecule has 1 aliphatic carbocycles. The molecule has 2 aromatic heterocycles. The molecule has 3 aromatic rings. The molecule has 2 saturated heterocycles. The number of aryl methyl sites for hydroxylation is 1. The fraction of sp³-hybridized carbons (Fsp3) is 0.520. The molecule has 0 N–H and O–H groups in total.